The van der Waals surface area contributed by atoms with Gasteiger partial charge in [0, 0.05) is 24.0 Å². The second-order valence-corrected chi connectivity index (χ2v) is 12.4. The molecule has 1 unspecified atom stereocenters. The lowest BCUT2D eigenvalue weighted by Crippen LogP contribution is -2.45. The molecule has 5 nitrogen and oxygen atoms in total. The monoisotopic (exact) mass is 500 g/mol. The molecule has 194 valence electrons. The normalized spacial score (nSPS) is 18.9. The lowest BCUT2D eigenvalue weighted by Gasteiger charge is -2.27. The predicted molar refractivity (Wildman–Crippen MR) is 145 cm³/mol. The van der Waals surface area contributed by atoms with Crippen LogP contribution in [0.15, 0.2) is 41.3 Å². The summed E-state index contributed by atoms with van der Waals surface area (Å²) >= 11 is 1.36. The van der Waals surface area contributed by atoms with E-state index >= 15 is 0 Å². The largest absolute Gasteiger partial charge is 0.480 e. The van der Waals surface area contributed by atoms with Gasteiger partial charge < -0.3 is 15.3 Å². The molecule has 0 heterocycles. The Hall–Kier alpha value is -1.95. The van der Waals surface area contributed by atoms with E-state index in [4.69, 9.17) is 0 Å². The third-order valence-corrected chi connectivity index (χ3v) is 8.54. The van der Waals surface area contributed by atoms with Crippen LogP contribution in [0.4, 0.5) is 4.79 Å². The fourth-order valence-corrected chi connectivity index (χ4v) is 5.98. The molecule has 1 aromatic rings. The number of hydrogen-bond acceptors (Lipinski definition) is 3. The molecule has 0 aliphatic heterocycles. The first-order chi connectivity index (χ1) is 16.8. The molecule has 2 aliphatic carbocycles. The van der Waals surface area contributed by atoms with E-state index in [9.17, 15) is 14.7 Å². The Bertz CT molecular complexity index is 831. The molecule has 1 saturated carbocycles. The van der Waals surface area contributed by atoms with Gasteiger partial charge in [-0.15, -0.1) is 11.8 Å². The van der Waals surface area contributed by atoms with Crippen LogP contribution in [0.1, 0.15) is 90.0 Å². The average molecular weight is 501 g/mol. The van der Waals surface area contributed by atoms with Gasteiger partial charge in [-0.1, -0.05) is 69.2 Å². The van der Waals surface area contributed by atoms with Crippen LogP contribution in [0.25, 0.3) is 0 Å². The second kappa shape index (κ2) is 14.0. The summed E-state index contributed by atoms with van der Waals surface area (Å²) in [7, 11) is 0. The van der Waals surface area contributed by atoms with Crippen LogP contribution in [0.2, 0.25) is 0 Å². The van der Waals surface area contributed by atoms with Gasteiger partial charge in [0.2, 0.25) is 0 Å². The van der Waals surface area contributed by atoms with Crippen molar-refractivity contribution in [3.8, 4) is 0 Å². The molecule has 0 bridgehead atoms. The minimum Gasteiger partial charge on any atom is -0.480 e. The molecule has 2 aliphatic rings. The molecule has 2 N–H and O–H groups in total. The van der Waals surface area contributed by atoms with Crippen molar-refractivity contribution in [1.82, 2.24) is 10.2 Å². The Morgan fingerprint density at radius 3 is 2.43 bits per heavy atom. The van der Waals surface area contributed by atoms with E-state index in [2.05, 4.69) is 29.6 Å². The van der Waals surface area contributed by atoms with Crippen molar-refractivity contribution in [3.63, 3.8) is 0 Å². The molecular formula is C29H44N2O3S. The highest BCUT2D eigenvalue weighted by molar-refractivity contribution is 8.01. The van der Waals surface area contributed by atoms with Crippen molar-refractivity contribution >= 4 is 23.8 Å². The van der Waals surface area contributed by atoms with Crippen molar-refractivity contribution in [2.24, 2.45) is 5.92 Å². The molecule has 6 heteroatoms. The zero-order valence-corrected chi connectivity index (χ0v) is 22.5. The van der Waals surface area contributed by atoms with Gasteiger partial charge in [0.05, 0.1) is 0 Å². The highest BCUT2D eigenvalue weighted by Crippen LogP contribution is 2.32. The lowest BCUT2D eigenvalue weighted by molar-refractivity contribution is -0.138. The van der Waals surface area contributed by atoms with Crippen LogP contribution in [-0.2, 0) is 11.2 Å². The molecule has 1 atom stereocenters. The Balaban J connectivity index is 1.52. The number of urea groups is 1. The van der Waals surface area contributed by atoms with Crippen molar-refractivity contribution in [1.29, 1.82) is 0 Å². The van der Waals surface area contributed by atoms with E-state index in [1.54, 1.807) is 13.8 Å². The van der Waals surface area contributed by atoms with Crippen molar-refractivity contribution in [2.45, 2.75) is 107 Å². The molecule has 2 amide bonds. The number of carboxylic acid groups (broad SMARTS) is 1. The number of benzene rings is 1. The number of unbranched alkanes of at least 4 members (excludes halogenated alkanes) is 1. The summed E-state index contributed by atoms with van der Waals surface area (Å²) in [6.45, 7) is 4.94. The van der Waals surface area contributed by atoms with E-state index in [0.717, 1.165) is 49.5 Å². The van der Waals surface area contributed by atoms with Gasteiger partial charge in [-0.3, -0.25) is 4.79 Å². The van der Waals surface area contributed by atoms with E-state index in [1.807, 2.05) is 17.0 Å². The Kier molecular flexibility index (Phi) is 11.0. The number of carbonyl (C=O) groups excluding carboxylic acids is 1. The number of rotatable bonds is 12. The summed E-state index contributed by atoms with van der Waals surface area (Å²) in [4.78, 5) is 27.5. The average Bonchev–Trinajstić information content (AvgIpc) is 2.85. The molecule has 0 aromatic heterocycles. The first kappa shape index (κ1) is 27.6. The minimum absolute atomic E-state index is 0.0506. The molecule has 1 fully saturated rings. The van der Waals surface area contributed by atoms with Crippen LogP contribution < -0.4 is 5.32 Å². The van der Waals surface area contributed by atoms with Crippen molar-refractivity contribution in [2.75, 3.05) is 13.1 Å². The molecule has 3 rings (SSSR count). The summed E-state index contributed by atoms with van der Waals surface area (Å²) in [5, 5.41) is 12.6. The number of thioether (sulfide) groups is 1. The third-order valence-electron chi connectivity index (χ3n) is 7.35. The van der Waals surface area contributed by atoms with Gasteiger partial charge in [0.15, 0.2) is 0 Å². The highest BCUT2D eigenvalue weighted by atomic mass is 32.2. The number of carbonyl (C=O) groups is 2. The summed E-state index contributed by atoms with van der Waals surface area (Å²) in [5.41, 5.74) is 1.17. The summed E-state index contributed by atoms with van der Waals surface area (Å²) in [6, 6.07) is 8.30. The first-order valence-electron chi connectivity index (χ1n) is 13.6. The van der Waals surface area contributed by atoms with Gasteiger partial charge in [0.1, 0.15) is 4.75 Å². The van der Waals surface area contributed by atoms with Gasteiger partial charge in [-0.2, -0.15) is 0 Å². The topological polar surface area (TPSA) is 69.6 Å². The zero-order valence-electron chi connectivity index (χ0n) is 21.6. The maximum absolute atomic E-state index is 13.1. The predicted octanol–water partition coefficient (Wildman–Crippen LogP) is 7.06. The van der Waals surface area contributed by atoms with Crippen molar-refractivity contribution < 1.29 is 14.7 Å². The maximum Gasteiger partial charge on any atom is 0.319 e. The number of amides is 2. The van der Waals surface area contributed by atoms with E-state index < -0.39 is 10.7 Å². The Morgan fingerprint density at radius 2 is 1.77 bits per heavy atom. The smallest absolute Gasteiger partial charge is 0.319 e. The van der Waals surface area contributed by atoms with E-state index in [1.165, 1.54) is 62.3 Å². The molecule has 0 saturated heterocycles. The Morgan fingerprint density at radius 1 is 1.03 bits per heavy atom. The molecule has 35 heavy (non-hydrogen) atoms. The van der Waals surface area contributed by atoms with Gasteiger partial charge in [-0.25, -0.2) is 4.79 Å². The number of nitrogens with one attached hydrogen (secondary N) is 1. The number of aliphatic carboxylic acids is 1. The van der Waals surface area contributed by atoms with Crippen LogP contribution in [0.5, 0.6) is 0 Å². The molecule has 1 aromatic carbocycles. The maximum atomic E-state index is 13.1. The second-order valence-electron chi connectivity index (χ2n) is 10.7. The first-order valence-corrected chi connectivity index (χ1v) is 14.4. The van der Waals surface area contributed by atoms with E-state index in [0.29, 0.717) is 6.54 Å². The van der Waals surface area contributed by atoms with Crippen molar-refractivity contribution in [3.05, 3.63) is 42.0 Å². The van der Waals surface area contributed by atoms with Crippen LogP contribution in [0.3, 0.4) is 0 Å². The SMILES string of the molecule is CC(C)(Sc1ccc(CCN(CCCCC2CCCCC2)C(=O)NC2C=CCCC2)cc1)C(=O)O. The number of hydrogen-bond donors (Lipinski definition) is 2. The summed E-state index contributed by atoms with van der Waals surface area (Å²) < 4.78 is -0.860. The van der Waals surface area contributed by atoms with Gasteiger partial charge >= 0.3 is 12.0 Å². The molecule has 0 radical (unpaired) electrons. The fraction of sp³-hybridized carbons (Fsp3) is 0.655. The highest BCUT2D eigenvalue weighted by Gasteiger charge is 2.28. The van der Waals surface area contributed by atoms with E-state index in [-0.39, 0.29) is 12.1 Å². The fourth-order valence-electron chi connectivity index (χ4n) is 5.04. The van der Waals surface area contributed by atoms with Crippen LogP contribution in [-0.4, -0.2) is 45.9 Å². The van der Waals surface area contributed by atoms with Gasteiger partial charge in [-0.05, 0) is 69.6 Å². The number of carboxylic acids is 1. The Labute approximate surface area is 216 Å². The molecule has 0 spiro atoms. The standard InChI is InChI=1S/C29H44N2O3S/c1-29(2,27(32)33)35-26-18-16-24(17-19-26)20-22-31(28(34)30-25-14-7-4-8-15-25)21-10-9-13-23-11-5-3-6-12-23/h7,14,16-19,23,25H,3-6,8-13,15,20-22H2,1-2H3,(H,30,34)(H,32,33). The number of nitrogens with zero attached hydrogens (tertiary/aromatic N) is 1. The van der Waals surface area contributed by atoms with Gasteiger partial charge in [0.25, 0.3) is 0 Å². The minimum atomic E-state index is -0.860. The quantitative estimate of drug-likeness (QED) is 0.183. The van der Waals surface area contributed by atoms with Crippen LogP contribution >= 0.6 is 11.8 Å². The molecular weight excluding hydrogens is 456 g/mol. The summed E-state index contributed by atoms with van der Waals surface area (Å²) in [6.07, 6.45) is 18.9. The lowest BCUT2D eigenvalue weighted by atomic mass is 9.86. The zero-order chi connectivity index (χ0) is 25.1. The number of allylic oxidation sites excluding steroid dienone is 1. The van der Waals surface area contributed by atoms with Crippen LogP contribution in [0, 0.1) is 5.92 Å². The third kappa shape index (κ3) is 9.55. The summed E-state index contributed by atoms with van der Waals surface area (Å²) in [5.74, 6) is 0.0745.